The van der Waals surface area contributed by atoms with Gasteiger partial charge in [-0.2, -0.15) is 0 Å². The molecule has 4 rings (SSSR count). The molecule has 0 saturated carbocycles. The van der Waals surface area contributed by atoms with Gasteiger partial charge in [-0.25, -0.2) is 0 Å². The number of anilines is 4. The molecule has 0 fully saturated rings. The molecule has 4 atom stereocenters. The van der Waals surface area contributed by atoms with Crippen LogP contribution in [0.5, 0.6) is 23.0 Å². The van der Waals surface area contributed by atoms with Gasteiger partial charge in [0.15, 0.2) is 23.8 Å². The Labute approximate surface area is 502 Å². The number of aryl methyl sites for hydroxylation is 1. The van der Waals surface area contributed by atoms with Crippen LogP contribution in [0, 0.1) is 6.92 Å². The molecule has 7 amide bonds. The van der Waals surface area contributed by atoms with E-state index < -0.39 is 65.5 Å². The van der Waals surface area contributed by atoms with E-state index >= 15 is 0 Å². The second-order valence-corrected chi connectivity index (χ2v) is 19.4. The molecule has 0 unspecified atom stereocenters. The molecule has 31 nitrogen and oxygen atoms in total. The first-order valence-corrected chi connectivity index (χ1v) is 27.3. The lowest BCUT2D eigenvalue weighted by Gasteiger charge is -2.21. The number of carbonyl (C=O) groups excluding carboxylic acids is 7. The highest BCUT2D eigenvalue weighted by atomic mass is 16.5. The van der Waals surface area contributed by atoms with Crippen LogP contribution in [-0.2, 0) is 19.2 Å². The monoisotopic (exact) mass is 1210 g/mol. The third kappa shape index (κ3) is 22.8. The highest BCUT2D eigenvalue weighted by Gasteiger charge is 2.29. The second kappa shape index (κ2) is 34.9. The van der Waals surface area contributed by atoms with Crippen LogP contribution in [0.15, 0.2) is 92.8 Å². The van der Waals surface area contributed by atoms with Crippen LogP contribution in [0.3, 0.4) is 0 Å². The maximum atomic E-state index is 14.4. The lowest BCUT2D eigenvalue weighted by atomic mass is 10.1. The van der Waals surface area contributed by atoms with E-state index in [0.29, 0.717) is 24.3 Å². The average Bonchev–Trinajstić information content (AvgIpc) is 3.21. The second-order valence-electron chi connectivity index (χ2n) is 19.4. The lowest BCUT2D eigenvalue weighted by Crippen LogP contribution is -2.44. The predicted octanol–water partition coefficient (Wildman–Crippen LogP) is -0.279. The first-order chi connectivity index (χ1) is 41.5. The molecule has 0 aliphatic carbocycles. The van der Waals surface area contributed by atoms with Crippen molar-refractivity contribution in [3.05, 3.63) is 95.1 Å². The van der Waals surface area contributed by atoms with Gasteiger partial charge in [0, 0.05) is 48.9 Å². The number of aliphatic imine (C=N–C) groups is 4. The average molecular weight is 1210 g/mol. The van der Waals surface area contributed by atoms with Crippen molar-refractivity contribution < 1.29 is 52.5 Å². The fraction of sp³-hybridized carbons (Fsp3) is 0.375. The van der Waals surface area contributed by atoms with Crippen LogP contribution < -0.4 is 108 Å². The van der Waals surface area contributed by atoms with Gasteiger partial charge >= 0.3 is 0 Å². The Morgan fingerprint density at radius 1 is 0.391 bits per heavy atom. The molecule has 4 aromatic carbocycles. The van der Waals surface area contributed by atoms with E-state index in [1.165, 1.54) is 83.0 Å². The molecular weight excluding hydrogens is 1130 g/mol. The summed E-state index contributed by atoms with van der Waals surface area (Å²) in [5.41, 5.74) is 51.4. The van der Waals surface area contributed by atoms with Gasteiger partial charge in [0.25, 0.3) is 17.7 Å². The summed E-state index contributed by atoms with van der Waals surface area (Å²) in [5, 5.41) is 19.2. The molecule has 31 heteroatoms. The van der Waals surface area contributed by atoms with Gasteiger partial charge in [0.05, 0.1) is 51.2 Å². The number of methoxy groups -OCH3 is 4. The molecular formula is C56H80N20O11. The van der Waals surface area contributed by atoms with Gasteiger partial charge in [0.2, 0.25) is 23.6 Å². The molecule has 0 saturated heterocycles. The van der Waals surface area contributed by atoms with Crippen molar-refractivity contribution in [1.29, 1.82) is 0 Å². The first kappa shape index (κ1) is 68.9. The molecule has 0 bridgehead atoms. The largest absolute Gasteiger partial charge is 0.496 e. The molecule has 0 spiro atoms. The molecule has 4 aromatic rings. The number of hydrogen-bond acceptors (Lipinski definition) is 16. The maximum absolute atomic E-state index is 14.4. The van der Waals surface area contributed by atoms with Crippen molar-refractivity contribution in [2.75, 3.05) is 75.9 Å². The normalized spacial score (nSPS) is 11.9. The van der Waals surface area contributed by atoms with Crippen LogP contribution in [0.2, 0.25) is 0 Å². The first-order valence-electron chi connectivity index (χ1n) is 27.3. The van der Waals surface area contributed by atoms with E-state index in [-0.39, 0.29) is 140 Å². The van der Waals surface area contributed by atoms with E-state index in [0.717, 1.165) is 5.56 Å². The summed E-state index contributed by atoms with van der Waals surface area (Å²) < 4.78 is 21.9. The standard InChI is InChI=1S/C56H80N20O11/c1-30-26-31(14-18-42(30)84-2)71-50(81)39(11-7-23-67-54(60)61)74-47(78)36-28-33(16-20-44(36)86-4)73-52(83)41(13-9-25-69-56(64)65)76-48(79)37-29-34(17-21-45(37)87-5)72-51(82)40(12-8-24-68-55(62)63)75-46(77)35-27-32(15-19-43(35)85-3)70-49(80)38(57)10-6-22-66-53(58)59/h14-21,26-29,38-41H,6-13,22-25,57H2,1-5H3,(H,70,80)(H,71,81)(H,72,82)(H,73,83)(H,74,78)(H,75,77)(H,76,79)(H4,58,59,66)(H4,60,61,67)(H4,62,63,68)(H4,64,65,69)/t38-,39-,40-,41-/m1/s1. The molecule has 0 aromatic heterocycles. The number of amides is 7. The zero-order chi connectivity index (χ0) is 64.2. The van der Waals surface area contributed by atoms with Crippen molar-refractivity contribution in [3.63, 3.8) is 0 Å². The quantitative estimate of drug-likeness (QED) is 0.0162. The van der Waals surface area contributed by atoms with E-state index in [4.69, 9.17) is 70.6 Å². The summed E-state index contributed by atoms with van der Waals surface area (Å²) in [6.07, 6.45) is 1.50. The van der Waals surface area contributed by atoms with Gasteiger partial charge in [-0.1, -0.05) is 0 Å². The fourth-order valence-corrected chi connectivity index (χ4v) is 8.44. The third-order valence-corrected chi connectivity index (χ3v) is 12.8. The molecule has 0 aliphatic heterocycles. The Morgan fingerprint density at radius 3 is 0.931 bits per heavy atom. The van der Waals surface area contributed by atoms with E-state index in [1.807, 2.05) is 6.92 Å². The molecule has 0 aliphatic rings. The Bertz CT molecular complexity index is 3170. The van der Waals surface area contributed by atoms with Crippen molar-refractivity contribution >= 4 is 87.9 Å². The van der Waals surface area contributed by atoms with Crippen LogP contribution >= 0.6 is 0 Å². The van der Waals surface area contributed by atoms with Crippen LogP contribution in [0.25, 0.3) is 0 Å². The van der Waals surface area contributed by atoms with Gasteiger partial charge in [0.1, 0.15) is 41.1 Å². The van der Waals surface area contributed by atoms with Gasteiger partial charge < -0.3 is 108 Å². The molecule has 470 valence electrons. The Morgan fingerprint density at radius 2 is 0.655 bits per heavy atom. The Hall–Kier alpha value is -10.6. The smallest absolute Gasteiger partial charge is 0.255 e. The number of ether oxygens (including phenoxy) is 4. The highest BCUT2D eigenvalue weighted by Crippen LogP contribution is 2.28. The Balaban J connectivity index is 1.59. The molecule has 0 radical (unpaired) electrons. The minimum Gasteiger partial charge on any atom is -0.496 e. The third-order valence-electron chi connectivity index (χ3n) is 12.8. The minimum atomic E-state index is -1.29. The zero-order valence-corrected chi connectivity index (χ0v) is 49.2. The molecule has 0 heterocycles. The summed E-state index contributed by atoms with van der Waals surface area (Å²) in [4.78, 5) is 114. The SMILES string of the molecule is COc1ccc(NC(=O)[C@@H](CCCN=C(N)N)NC(=O)c2cc(NC(=O)[C@@H](CCCN=C(N)N)NC(=O)c3cc(NC(=O)[C@@H](CCCN=C(N)N)NC(=O)c4cc(NC(=O)[C@H](N)CCCN=C(N)N)ccc4OC)ccc3OC)ccc2OC)cc1C. The number of nitrogens with one attached hydrogen (secondary N) is 7. The highest BCUT2D eigenvalue weighted by molar-refractivity contribution is 6.07. The van der Waals surface area contributed by atoms with Crippen LogP contribution in [0.4, 0.5) is 22.7 Å². The van der Waals surface area contributed by atoms with Crippen molar-refractivity contribution in [3.8, 4) is 23.0 Å². The van der Waals surface area contributed by atoms with E-state index in [1.54, 1.807) is 18.2 Å². The summed E-state index contributed by atoms with van der Waals surface area (Å²) in [6, 6.07) is 13.2. The number of hydrogen-bond donors (Lipinski definition) is 16. The van der Waals surface area contributed by atoms with Gasteiger partial charge in [-0.05, 0) is 137 Å². The van der Waals surface area contributed by atoms with E-state index in [9.17, 15) is 33.6 Å². The van der Waals surface area contributed by atoms with E-state index in [2.05, 4.69) is 57.2 Å². The van der Waals surface area contributed by atoms with Crippen LogP contribution in [0.1, 0.15) is 88.0 Å². The summed E-state index contributed by atoms with van der Waals surface area (Å²) >= 11 is 0. The number of benzene rings is 4. The van der Waals surface area contributed by atoms with Crippen LogP contribution in [-0.4, -0.2) is 144 Å². The summed E-state index contributed by atoms with van der Waals surface area (Å²) in [5.74, 6) is -4.61. The van der Waals surface area contributed by atoms with Gasteiger partial charge in [-0.3, -0.25) is 53.5 Å². The minimum absolute atomic E-state index is 0.00686. The number of carbonyl (C=O) groups is 7. The Kier molecular flexibility index (Phi) is 27.6. The summed E-state index contributed by atoms with van der Waals surface area (Å²) in [7, 11) is 5.51. The number of guanidine groups is 4. The topological polar surface area (TPSA) is 524 Å². The summed E-state index contributed by atoms with van der Waals surface area (Å²) in [6.45, 7) is 2.42. The van der Waals surface area contributed by atoms with Crippen molar-refractivity contribution in [2.45, 2.75) is 82.5 Å². The number of rotatable bonds is 34. The fourth-order valence-electron chi connectivity index (χ4n) is 8.44. The molecule has 87 heavy (non-hydrogen) atoms. The number of nitrogens with two attached hydrogens (primary N) is 9. The maximum Gasteiger partial charge on any atom is 0.255 e. The molecule has 25 N–H and O–H groups in total. The van der Waals surface area contributed by atoms with Crippen molar-refractivity contribution in [1.82, 2.24) is 16.0 Å². The zero-order valence-electron chi connectivity index (χ0n) is 49.2. The lowest BCUT2D eigenvalue weighted by molar-refractivity contribution is -0.118. The predicted molar refractivity (Wildman–Crippen MR) is 333 cm³/mol. The van der Waals surface area contributed by atoms with Gasteiger partial charge in [-0.15, -0.1) is 0 Å². The number of nitrogens with zero attached hydrogens (tertiary/aromatic N) is 4. The van der Waals surface area contributed by atoms with Crippen molar-refractivity contribution in [2.24, 2.45) is 71.6 Å².